The van der Waals surface area contributed by atoms with Crippen molar-refractivity contribution in [1.29, 1.82) is 0 Å². The Morgan fingerprint density at radius 3 is 2.20 bits per heavy atom. The molecule has 206 valence electrons. The second-order valence-electron chi connectivity index (χ2n) is 9.56. The summed E-state index contributed by atoms with van der Waals surface area (Å²) in [5.41, 5.74) is 2.79. The lowest BCUT2D eigenvalue weighted by Gasteiger charge is -2.29. The van der Waals surface area contributed by atoms with Crippen molar-refractivity contribution < 1.29 is 32.6 Å². The van der Waals surface area contributed by atoms with Crippen LogP contribution in [0.3, 0.4) is 0 Å². The Balaban J connectivity index is 1.44. The molecule has 7 nitrogen and oxygen atoms in total. The summed E-state index contributed by atoms with van der Waals surface area (Å²) in [6, 6.07) is 17.7. The lowest BCUT2D eigenvalue weighted by Crippen LogP contribution is -2.34. The minimum Gasteiger partial charge on any atom is -0.497 e. The topological polar surface area (TPSA) is 77.4 Å². The highest BCUT2D eigenvalue weighted by atomic mass is 19.1. The molecule has 0 saturated heterocycles. The first-order valence-electron chi connectivity index (χ1n) is 12.9. The summed E-state index contributed by atoms with van der Waals surface area (Å²) >= 11 is 0. The van der Waals surface area contributed by atoms with Gasteiger partial charge in [0.1, 0.15) is 28.7 Å². The summed E-state index contributed by atoms with van der Waals surface area (Å²) in [5, 5.41) is 6.08. The van der Waals surface area contributed by atoms with Crippen molar-refractivity contribution in [2.75, 3.05) is 20.8 Å². The van der Waals surface area contributed by atoms with Gasteiger partial charge in [0.25, 0.3) is 5.91 Å². The van der Waals surface area contributed by atoms with Gasteiger partial charge < -0.3 is 14.2 Å². The maximum Gasteiger partial charge on any atom is 0.344 e. The minimum absolute atomic E-state index is 0.0877. The van der Waals surface area contributed by atoms with Gasteiger partial charge in [-0.05, 0) is 78.4 Å². The van der Waals surface area contributed by atoms with Gasteiger partial charge in [-0.15, -0.1) is 0 Å². The molecule has 1 aliphatic heterocycles. The molecule has 9 heteroatoms. The SMILES string of the molecule is COc1ccc(C=C2CCCC3C2=NN(C(=O)COC(=O)c2c(F)cccc2F)C3c2ccc(OC)cc2)cc1. The molecule has 5 rings (SSSR count). The van der Waals surface area contributed by atoms with Crippen LogP contribution in [0.15, 0.2) is 77.4 Å². The quantitative estimate of drug-likeness (QED) is 0.342. The molecule has 0 bridgehead atoms. The Morgan fingerprint density at radius 1 is 0.950 bits per heavy atom. The van der Waals surface area contributed by atoms with Crippen LogP contribution in [-0.4, -0.2) is 43.4 Å². The Hall–Kier alpha value is -4.53. The first kappa shape index (κ1) is 27.1. The Morgan fingerprint density at radius 2 is 1.57 bits per heavy atom. The average Bonchev–Trinajstić information content (AvgIpc) is 3.37. The molecule has 1 heterocycles. The van der Waals surface area contributed by atoms with E-state index in [-0.39, 0.29) is 5.92 Å². The number of fused-ring (bicyclic) bond motifs is 1. The normalized spacial score (nSPS) is 19.1. The Kier molecular flexibility index (Phi) is 7.91. The van der Waals surface area contributed by atoms with Gasteiger partial charge in [0.05, 0.1) is 26.0 Å². The number of carbonyl (C=O) groups excluding carboxylic acids is 2. The van der Waals surface area contributed by atoms with E-state index in [2.05, 4.69) is 6.08 Å². The molecule has 3 aromatic carbocycles. The monoisotopic (exact) mass is 546 g/mol. The van der Waals surface area contributed by atoms with Gasteiger partial charge in [0.2, 0.25) is 0 Å². The summed E-state index contributed by atoms with van der Waals surface area (Å²) in [6.45, 7) is -0.722. The fraction of sp³-hybridized carbons (Fsp3) is 0.258. The third kappa shape index (κ3) is 5.45. The summed E-state index contributed by atoms with van der Waals surface area (Å²) in [5.74, 6) is -2.64. The summed E-state index contributed by atoms with van der Waals surface area (Å²) in [4.78, 5) is 25.9. The van der Waals surface area contributed by atoms with Gasteiger partial charge in [-0.1, -0.05) is 30.3 Å². The number of hydrazone groups is 1. The maximum atomic E-state index is 14.1. The van der Waals surface area contributed by atoms with Gasteiger partial charge in [0, 0.05) is 5.92 Å². The highest BCUT2D eigenvalue weighted by Crippen LogP contribution is 2.44. The summed E-state index contributed by atoms with van der Waals surface area (Å²) in [7, 11) is 3.19. The molecule has 1 fully saturated rings. The van der Waals surface area contributed by atoms with E-state index in [9.17, 15) is 18.4 Å². The number of rotatable bonds is 7. The molecule has 1 amide bonds. The highest BCUT2D eigenvalue weighted by Gasteiger charge is 2.44. The van der Waals surface area contributed by atoms with E-state index in [1.165, 1.54) is 5.01 Å². The van der Waals surface area contributed by atoms with Crippen LogP contribution < -0.4 is 9.47 Å². The number of carbonyl (C=O) groups is 2. The van der Waals surface area contributed by atoms with Crippen LogP contribution in [-0.2, 0) is 9.53 Å². The lowest BCUT2D eigenvalue weighted by atomic mass is 9.77. The van der Waals surface area contributed by atoms with Crippen LogP contribution in [0.2, 0.25) is 0 Å². The molecule has 0 spiro atoms. The molecule has 40 heavy (non-hydrogen) atoms. The van der Waals surface area contributed by atoms with Crippen molar-refractivity contribution >= 4 is 23.7 Å². The second-order valence-corrected chi connectivity index (χ2v) is 9.56. The van der Waals surface area contributed by atoms with E-state index < -0.39 is 41.7 Å². The fourth-order valence-electron chi connectivity index (χ4n) is 5.20. The zero-order valence-electron chi connectivity index (χ0n) is 22.1. The van der Waals surface area contributed by atoms with Crippen molar-refractivity contribution in [2.24, 2.45) is 11.0 Å². The number of halogens is 2. The number of nitrogens with zero attached hydrogens (tertiary/aromatic N) is 2. The molecular weight excluding hydrogens is 518 g/mol. The van der Waals surface area contributed by atoms with Crippen LogP contribution in [0.5, 0.6) is 11.5 Å². The number of hydrogen-bond donors (Lipinski definition) is 0. The molecule has 3 aromatic rings. The van der Waals surface area contributed by atoms with Crippen LogP contribution in [0.4, 0.5) is 8.78 Å². The van der Waals surface area contributed by atoms with Crippen molar-refractivity contribution in [3.05, 3.63) is 101 Å². The van der Waals surface area contributed by atoms with Gasteiger partial charge in [-0.2, -0.15) is 5.10 Å². The Bertz CT molecular complexity index is 1450. The predicted molar refractivity (Wildman–Crippen MR) is 145 cm³/mol. The number of esters is 1. The smallest absolute Gasteiger partial charge is 0.344 e. The van der Waals surface area contributed by atoms with Crippen LogP contribution >= 0.6 is 0 Å². The highest BCUT2D eigenvalue weighted by molar-refractivity contribution is 6.08. The predicted octanol–water partition coefficient (Wildman–Crippen LogP) is 5.96. The van der Waals surface area contributed by atoms with Gasteiger partial charge >= 0.3 is 5.97 Å². The number of methoxy groups -OCH3 is 2. The number of allylic oxidation sites excluding steroid dienone is 1. The number of ether oxygens (including phenoxy) is 3. The van der Waals surface area contributed by atoms with E-state index in [4.69, 9.17) is 19.3 Å². The van der Waals surface area contributed by atoms with Gasteiger partial charge in [0.15, 0.2) is 6.61 Å². The molecule has 2 unspecified atom stereocenters. The van der Waals surface area contributed by atoms with Crippen molar-refractivity contribution in [2.45, 2.75) is 25.3 Å². The molecule has 0 radical (unpaired) electrons. The maximum absolute atomic E-state index is 14.1. The zero-order chi connectivity index (χ0) is 28.2. The third-order valence-electron chi connectivity index (χ3n) is 7.16. The largest absolute Gasteiger partial charge is 0.497 e. The van der Waals surface area contributed by atoms with E-state index in [0.29, 0.717) is 5.75 Å². The fourth-order valence-corrected chi connectivity index (χ4v) is 5.20. The number of amides is 1. The van der Waals surface area contributed by atoms with Gasteiger partial charge in [-0.25, -0.2) is 18.6 Å². The lowest BCUT2D eigenvalue weighted by molar-refractivity contribution is -0.137. The van der Waals surface area contributed by atoms with Crippen LogP contribution in [0.25, 0.3) is 6.08 Å². The molecule has 2 aliphatic rings. The summed E-state index contributed by atoms with van der Waals surface area (Å²) in [6.07, 6.45) is 4.56. The van der Waals surface area contributed by atoms with E-state index in [1.54, 1.807) is 14.2 Å². The number of benzene rings is 3. The zero-order valence-corrected chi connectivity index (χ0v) is 22.1. The molecule has 1 saturated carbocycles. The standard InChI is InChI=1S/C31H28F2N2O5/c1-38-22-13-9-19(10-14-22)17-21-5-3-6-24-29(21)34-35(30(24)20-11-15-23(39-2)16-12-20)27(36)18-40-31(37)28-25(32)7-4-8-26(28)33/h4,7-17,24,30H,3,5-6,18H2,1-2H3. The van der Waals surface area contributed by atoms with Gasteiger partial charge in [-0.3, -0.25) is 4.79 Å². The first-order chi connectivity index (χ1) is 19.4. The summed E-state index contributed by atoms with van der Waals surface area (Å²) < 4.78 is 43.7. The van der Waals surface area contributed by atoms with E-state index >= 15 is 0 Å². The first-order valence-corrected chi connectivity index (χ1v) is 12.9. The van der Waals surface area contributed by atoms with Crippen LogP contribution in [0, 0.1) is 17.6 Å². The molecule has 2 atom stereocenters. The number of hydrogen-bond acceptors (Lipinski definition) is 6. The molecule has 1 aliphatic carbocycles. The van der Waals surface area contributed by atoms with Crippen molar-refractivity contribution in [1.82, 2.24) is 5.01 Å². The molecular formula is C31H28F2N2O5. The van der Waals surface area contributed by atoms with E-state index in [0.717, 1.165) is 65.6 Å². The molecule has 0 aromatic heterocycles. The minimum atomic E-state index is -1.26. The second kappa shape index (κ2) is 11.7. The van der Waals surface area contributed by atoms with E-state index in [1.807, 2.05) is 48.5 Å². The third-order valence-corrected chi connectivity index (χ3v) is 7.16. The average molecular weight is 547 g/mol. The molecule has 0 N–H and O–H groups in total. The van der Waals surface area contributed by atoms with Crippen LogP contribution in [0.1, 0.15) is 46.8 Å². The van der Waals surface area contributed by atoms with Crippen molar-refractivity contribution in [3.8, 4) is 11.5 Å². The van der Waals surface area contributed by atoms with Crippen molar-refractivity contribution in [3.63, 3.8) is 0 Å². The Labute approximate surface area is 230 Å².